The molecule has 0 aromatic heterocycles. The van der Waals surface area contributed by atoms with E-state index in [4.69, 9.17) is 0 Å². The number of rotatable bonds is 4. The Morgan fingerprint density at radius 1 is 0.846 bits per heavy atom. The van der Waals surface area contributed by atoms with Gasteiger partial charge in [-0.3, -0.25) is 4.93 Å². The average molecular weight is 452 g/mol. The molecule has 13 heavy (non-hydrogen) atoms. The molecule has 0 rings (SSSR count). The first-order valence-electron chi connectivity index (χ1n) is 3.68. The SMILES string of the molecule is C.C.CCCCCCC.I.[CH2-]I.[V]. The van der Waals surface area contributed by atoms with Gasteiger partial charge in [0.1, 0.15) is 0 Å². The molecule has 0 aliphatic heterocycles. The van der Waals surface area contributed by atoms with Crippen molar-refractivity contribution in [3.8, 4) is 0 Å². The van der Waals surface area contributed by atoms with Crippen LogP contribution < -0.4 is 0 Å². The first kappa shape index (κ1) is 36.3. The maximum atomic E-state index is 3.22. The summed E-state index contributed by atoms with van der Waals surface area (Å²) < 4.78 is 0. The summed E-state index contributed by atoms with van der Waals surface area (Å²) in [6, 6.07) is 0. The van der Waals surface area contributed by atoms with Crippen molar-refractivity contribution in [3.05, 3.63) is 4.93 Å². The Kier molecular flexibility index (Phi) is 134. The van der Waals surface area contributed by atoms with Crippen LogP contribution in [0.25, 0.3) is 0 Å². The second-order valence-corrected chi connectivity index (χ2v) is 2.06. The van der Waals surface area contributed by atoms with Crippen molar-refractivity contribution in [1.29, 1.82) is 0 Å². The van der Waals surface area contributed by atoms with Crippen molar-refractivity contribution in [2.24, 2.45) is 0 Å². The third kappa shape index (κ3) is 55.8. The minimum absolute atomic E-state index is 0. The van der Waals surface area contributed by atoms with Gasteiger partial charge >= 0.3 is 0 Å². The largest absolute Gasteiger partial charge is 0.319 e. The van der Waals surface area contributed by atoms with E-state index in [2.05, 4.69) is 18.8 Å². The Balaban J connectivity index is -0.0000000191. The van der Waals surface area contributed by atoms with Gasteiger partial charge in [0.25, 0.3) is 0 Å². The van der Waals surface area contributed by atoms with Gasteiger partial charge in [0.15, 0.2) is 0 Å². The van der Waals surface area contributed by atoms with Crippen LogP contribution in [0.2, 0.25) is 0 Å². The van der Waals surface area contributed by atoms with Gasteiger partial charge in [0.05, 0.1) is 0 Å². The fourth-order valence-electron chi connectivity index (χ4n) is 0.677. The van der Waals surface area contributed by atoms with E-state index in [9.17, 15) is 0 Å². The average Bonchev–Trinajstić information content (AvgIpc) is 1.94. The van der Waals surface area contributed by atoms with Crippen LogP contribution in [0.1, 0.15) is 60.8 Å². The van der Waals surface area contributed by atoms with E-state index in [0.29, 0.717) is 0 Å². The van der Waals surface area contributed by atoms with E-state index in [1.807, 2.05) is 22.6 Å². The summed E-state index contributed by atoms with van der Waals surface area (Å²) in [5.41, 5.74) is 0. The van der Waals surface area contributed by atoms with Crippen molar-refractivity contribution in [1.82, 2.24) is 0 Å². The molecule has 0 saturated carbocycles. The summed E-state index contributed by atoms with van der Waals surface area (Å²) in [7, 11) is 0. The number of halogens is 2. The number of hydrogen-bond acceptors (Lipinski definition) is 0. The van der Waals surface area contributed by atoms with E-state index in [1.54, 1.807) is 0 Å². The van der Waals surface area contributed by atoms with Gasteiger partial charge in [-0.1, -0.05) is 60.8 Å². The molecule has 0 aliphatic carbocycles. The molecule has 0 atom stereocenters. The molecule has 0 bridgehead atoms. The Hall–Kier alpha value is 2.04. The minimum Gasteiger partial charge on any atom is -0.319 e. The predicted octanol–water partition coefficient (Wildman–Crippen LogP) is 6.08. The summed E-state index contributed by atoms with van der Waals surface area (Å²) in [4.78, 5) is 3.22. The molecule has 87 valence electrons. The molecule has 0 aromatic rings. The van der Waals surface area contributed by atoms with Crippen LogP contribution in [0.3, 0.4) is 0 Å². The Labute approximate surface area is 129 Å². The summed E-state index contributed by atoms with van der Waals surface area (Å²) in [6.45, 7) is 4.49. The molecule has 3 heteroatoms. The van der Waals surface area contributed by atoms with Gasteiger partial charge in [0.2, 0.25) is 0 Å². The van der Waals surface area contributed by atoms with Crippen molar-refractivity contribution in [2.45, 2.75) is 60.8 Å². The normalized spacial score (nSPS) is 5.54. The van der Waals surface area contributed by atoms with E-state index in [1.165, 1.54) is 32.1 Å². The van der Waals surface area contributed by atoms with Crippen LogP contribution in [0.4, 0.5) is 0 Å². The first-order chi connectivity index (χ1) is 4.41. The smallest absolute Gasteiger partial charge is 0 e. The molecule has 0 saturated heterocycles. The van der Waals surface area contributed by atoms with Crippen LogP contribution in [0.5, 0.6) is 0 Å². The molecule has 0 unspecified atom stereocenters. The molecule has 1 radical (unpaired) electrons. The molecule has 0 nitrogen and oxygen atoms in total. The predicted molar refractivity (Wildman–Crippen MR) is 82.7 cm³/mol. The van der Waals surface area contributed by atoms with Crippen molar-refractivity contribution < 1.29 is 18.6 Å². The van der Waals surface area contributed by atoms with Crippen molar-refractivity contribution in [2.75, 3.05) is 0 Å². The molecule has 0 fully saturated rings. The van der Waals surface area contributed by atoms with Crippen LogP contribution in [0, 0.1) is 4.93 Å². The maximum Gasteiger partial charge on any atom is 0 e. The summed E-state index contributed by atoms with van der Waals surface area (Å²) in [5, 5.41) is 0. The molecule has 0 heterocycles. The zero-order chi connectivity index (χ0) is 7.54. The van der Waals surface area contributed by atoms with Gasteiger partial charge in [0, 0.05) is 18.6 Å². The van der Waals surface area contributed by atoms with Crippen molar-refractivity contribution >= 4 is 46.6 Å². The van der Waals surface area contributed by atoms with Crippen LogP contribution in [-0.4, -0.2) is 0 Å². The Bertz CT molecular complexity index is 32.1. The van der Waals surface area contributed by atoms with Crippen LogP contribution in [0.15, 0.2) is 0 Å². The monoisotopic (exact) mass is 452 g/mol. The summed E-state index contributed by atoms with van der Waals surface area (Å²) in [5.74, 6) is 0. The van der Waals surface area contributed by atoms with Crippen LogP contribution >= 0.6 is 46.6 Å². The van der Waals surface area contributed by atoms with E-state index in [-0.39, 0.29) is 57.4 Å². The van der Waals surface area contributed by atoms with E-state index >= 15 is 0 Å². The molecule has 0 N–H and O–H groups in total. The van der Waals surface area contributed by atoms with Crippen molar-refractivity contribution in [3.63, 3.8) is 0 Å². The quantitative estimate of drug-likeness (QED) is 0.276. The summed E-state index contributed by atoms with van der Waals surface area (Å²) >= 11 is 1.90. The van der Waals surface area contributed by atoms with Gasteiger partial charge in [-0.15, -0.1) is 24.0 Å². The minimum atomic E-state index is 0. The Morgan fingerprint density at radius 3 is 1.23 bits per heavy atom. The fourth-order valence-corrected chi connectivity index (χ4v) is 0.677. The summed E-state index contributed by atoms with van der Waals surface area (Å²) in [6.07, 6.45) is 7.01. The second kappa shape index (κ2) is 48.2. The fraction of sp³-hybridized carbons (Fsp3) is 0.900. The first-order valence-corrected chi connectivity index (χ1v) is 5.21. The Morgan fingerprint density at radius 2 is 1.08 bits per heavy atom. The topological polar surface area (TPSA) is 0 Å². The number of hydrogen-bond donors (Lipinski definition) is 0. The molecule has 0 aromatic carbocycles. The third-order valence-corrected chi connectivity index (χ3v) is 1.21. The van der Waals surface area contributed by atoms with E-state index in [0.717, 1.165) is 0 Å². The van der Waals surface area contributed by atoms with Crippen LogP contribution in [-0.2, 0) is 18.6 Å². The molecular weight excluding hydrogens is 425 g/mol. The van der Waals surface area contributed by atoms with Gasteiger partial charge < -0.3 is 22.6 Å². The molecule has 0 spiro atoms. The third-order valence-electron chi connectivity index (χ3n) is 1.21. The zero-order valence-corrected chi connectivity index (χ0v) is 13.4. The molecule has 0 aliphatic rings. The van der Waals surface area contributed by atoms with E-state index < -0.39 is 0 Å². The zero-order valence-electron chi connectivity index (χ0n) is 7.48. The van der Waals surface area contributed by atoms with Gasteiger partial charge in [-0.2, -0.15) is 0 Å². The second-order valence-electron chi connectivity index (χ2n) is 2.06. The molecule has 0 amide bonds. The molecular formula is C10H27I2V-. The standard InChI is InChI=1S/C7H16.CH2I.2CH4.HI.V/c1-3-5-7-6-4-2;1-2;;;;/h3-7H2,1-2H3;1H2;2*1H4;1H;/q;-1;;;;. The number of unbranched alkanes of at least 4 members (excludes halogenated alkanes) is 4. The van der Waals surface area contributed by atoms with Gasteiger partial charge in [-0.05, 0) is 0 Å². The maximum absolute atomic E-state index is 3.22. The van der Waals surface area contributed by atoms with Gasteiger partial charge in [-0.25, -0.2) is 0 Å².